The molecule has 5 aromatic rings. The molecule has 7 nitrogen and oxygen atoms in total. The van der Waals surface area contributed by atoms with E-state index in [-0.39, 0.29) is 18.3 Å². The topological polar surface area (TPSA) is 99.4 Å². The van der Waals surface area contributed by atoms with E-state index < -0.39 is 0 Å². The first kappa shape index (κ1) is 18.7. The molecule has 2 aromatic carbocycles. The van der Waals surface area contributed by atoms with Gasteiger partial charge >= 0.3 is 0 Å². The van der Waals surface area contributed by atoms with Crippen LogP contribution in [0.3, 0.4) is 0 Å². The van der Waals surface area contributed by atoms with Gasteiger partial charge in [0.15, 0.2) is 5.82 Å². The van der Waals surface area contributed by atoms with Crippen molar-refractivity contribution >= 4 is 16.9 Å². The Morgan fingerprint density at radius 3 is 2.81 bits per heavy atom. The van der Waals surface area contributed by atoms with E-state index in [9.17, 15) is 9.18 Å². The van der Waals surface area contributed by atoms with Crippen molar-refractivity contribution in [2.45, 2.75) is 6.54 Å². The average Bonchev–Trinajstić information content (AvgIpc) is 3.44. The van der Waals surface area contributed by atoms with Gasteiger partial charge in [-0.2, -0.15) is 5.10 Å². The third-order valence-corrected chi connectivity index (χ3v) is 4.97. The smallest absolute Gasteiger partial charge is 0.253 e. The summed E-state index contributed by atoms with van der Waals surface area (Å²) in [6, 6.07) is 15.5. The molecule has 0 aliphatic carbocycles. The van der Waals surface area contributed by atoms with Gasteiger partial charge in [0, 0.05) is 30.1 Å². The molecule has 0 aliphatic rings. The number of nitrogens with one attached hydrogen (secondary N) is 3. The number of para-hydroxylation sites is 1. The lowest BCUT2D eigenvalue weighted by Crippen LogP contribution is -2.22. The standard InChI is InChI=1S/C23H17FN6O/c24-17-6-1-4-14(10-17)18-7-2-8-19-21(18)29-22(28-19)20-16(13-27-30-20)12-26-23(31)15-5-3-9-25-11-15/h1-11,13H,12H2,(H,26,31)(H,27,30)(H,28,29). The van der Waals surface area contributed by atoms with Crippen LogP contribution in [0.25, 0.3) is 33.7 Å². The molecule has 0 aliphatic heterocycles. The molecule has 0 fully saturated rings. The van der Waals surface area contributed by atoms with Gasteiger partial charge in [-0.1, -0.05) is 24.3 Å². The average molecular weight is 412 g/mol. The summed E-state index contributed by atoms with van der Waals surface area (Å²) < 4.78 is 13.7. The Morgan fingerprint density at radius 1 is 1.06 bits per heavy atom. The number of halogens is 1. The predicted molar refractivity (Wildman–Crippen MR) is 114 cm³/mol. The highest BCUT2D eigenvalue weighted by atomic mass is 19.1. The summed E-state index contributed by atoms with van der Waals surface area (Å²) in [4.78, 5) is 24.3. The van der Waals surface area contributed by atoms with Gasteiger partial charge in [-0.15, -0.1) is 0 Å². The maximum absolute atomic E-state index is 13.7. The van der Waals surface area contributed by atoms with E-state index >= 15 is 0 Å². The second-order valence-electron chi connectivity index (χ2n) is 6.99. The van der Waals surface area contributed by atoms with Gasteiger partial charge < -0.3 is 10.3 Å². The molecule has 3 heterocycles. The van der Waals surface area contributed by atoms with E-state index in [0.717, 1.165) is 27.7 Å². The van der Waals surface area contributed by atoms with E-state index in [2.05, 4.69) is 25.5 Å². The van der Waals surface area contributed by atoms with Gasteiger partial charge in [0.2, 0.25) is 0 Å². The number of fused-ring (bicyclic) bond motifs is 1. The van der Waals surface area contributed by atoms with Crippen LogP contribution in [-0.2, 0) is 6.54 Å². The quantitative estimate of drug-likeness (QED) is 0.405. The molecule has 0 atom stereocenters. The minimum atomic E-state index is -0.300. The maximum atomic E-state index is 13.7. The molecule has 3 aromatic heterocycles. The Hall–Kier alpha value is -4.33. The number of hydrogen-bond donors (Lipinski definition) is 3. The van der Waals surface area contributed by atoms with Crippen LogP contribution in [0.15, 0.2) is 73.2 Å². The van der Waals surface area contributed by atoms with Crippen LogP contribution in [0, 0.1) is 5.82 Å². The number of nitrogens with zero attached hydrogens (tertiary/aromatic N) is 3. The zero-order valence-corrected chi connectivity index (χ0v) is 16.3. The van der Waals surface area contributed by atoms with E-state index in [4.69, 9.17) is 4.98 Å². The number of rotatable bonds is 5. The first-order valence-corrected chi connectivity index (χ1v) is 9.64. The number of imidazole rings is 1. The van der Waals surface area contributed by atoms with E-state index in [1.807, 2.05) is 24.3 Å². The molecule has 0 radical (unpaired) electrons. The molecule has 0 saturated heterocycles. The summed E-state index contributed by atoms with van der Waals surface area (Å²) in [7, 11) is 0. The van der Waals surface area contributed by atoms with Crippen molar-refractivity contribution in [3.63, 3.8) is 0 Å². The molecule has 0 saturated carbocycles. The van der Waals surface area contributed by atoms with Gasteiger partial charge in [-0.25, -0.2) is 9.37 Å². The molecule has 3 N–H and O–H groups in total. The van der Waals surface area contributed by atoms with Crippen LogP contribution in [0.1, 0.15) is 15.9 Å². The number of amides is 1. The number of benzene rings is 2. The van der Waals surface area contributed by atoms with Gasteiger partial charge in [-0.3, -0.25) is 14.9 Å². The lowest BCUT2D eigenvalue weighted by Gasteiger charge is -2.04. The monoisotopic (exact) mass is 412 g/mol. The molecule has 5 rings (SSSR count). The zero-order valence-electron chi connectivity index (χ0n) is 16.3. The predicted octanol–water partition coefficient (Wildman–Crippen LogP) is 4.08. The highest BCUT2D eigenvalue weighted by Gasteiger charge is 2.16. The number of hydrogen-bond acceptors (Lipinski definition) is 4. The minimum Gasteiger partial charge on any atom is -0.348 e. The van der Waals surface area contributed by atoms with Gasteiger partial charge in [-0.05, 0) is 35.9 Å². The molecule has 31 heavy (non-hydrogen) atoms. The number of aromatic amines is 2. The lowest BCUT2D eigenvalue weighted by atomic mass is 10.0. The first-order chi connectivity index (χ1) is 15.2. The van der Waals surface area contributed by atoms with Crippen LogP contribution in [0.4, 0.5) is 4.39 Å². The molecular formula is C23H17FN6O. The van der Waals surface area contributed by atoms with Crippen molar-refractivity contribution in [2.75, 3.05) is 0 Å². The summed E-state index contributed by atoms with van der Waals surface area (Å²) in [5, 5.41) is 9.93. The van der Waals surface area contributed by atoms with Crippen molar-refractivity contribution < 1.29 is 9.18 Å². The highest BCUT2D eigenvalue weighted by Crippen LogP contribution is 2.30. The number of H-pyrrole nitrogens is 2. The summed E-state index contributed by atoms with van der Waals surface area (Å²) in [5.74, 6) is 0.0608. The first-order valence-electron chi connectivity index (χ1n) is 9.64. The van der Waals surface area contributed by atoms with Crippen molar-refractivity contribution in [1.82, 2.24) is 30.5 Å². The normalized spacial score (nSPS) is 11.0. The number of aromatic nitrogens is 5. The molecular weight excluding hydrogens is 395 g/mol. The number of carbonyl (C=O) groups is 1. The van der Waals surface area contributed by atoms with Crippen LogP contribution in [-0.4, -0.2) is 31.1 Å². The molecule has 0 unspecified atom stereocenters. The van der Waals surface area contributed by atoms with Gasteiger partial charge in [0.1, 0.15) is 11.5 Å². The summed E-state index contributed by atoms with van der Waals surface area (Å²) in [6.45, 7) is 0.271. The molecule has 0 spiro atoms. The van der Waals surface area contributed by atoms with Gasteiger partial charge in [0.25, 0.3) is 5.91 Å². The Kier molecular flexibility index (Phi) is 4.72. The van der Waals surface area contributed by atoms with Crippen LogP contribution >= 0.6 is 0 Å². The maximum Gasteiger partial charge on any atom is 0.253 e. The minimum absolute atomic E-state index is 0.224. The largest absolute Gasteiger partial charge is 0.348 e. The molecule has 8 heteroatoms. The summed E-state index contributed by atoms with van der Waals surface area (Å²) in [6.07, 6.45) is 4.78. The Bertz CT molecular complexity index is 1380. The van der Waals surface area contributed by atoms with Crippen molar-refractivity contribution in [1.29, 1.82) is 0 Å². The van der Waals surface area contributed by atoms with Crippen LogP contribution < -0.4 is 5.32 Å². The van der Waals surface area contributed by atoms with Crippen LogP contribution in [0.2, 0.25) is 0 Å². The zero-order chi connectivity index (χ0) is 21.2. The second-order valence-corrected chi connectivity index (χ2v) is 6.99. The highest BCUT2D eigenvalue weighted by molar-refractivity contribution is 5.94. The third kappa shape index (κ3) is 3.66. The SMILES string of the molecule is O=C(NCc1cn[nH]c1-c1nc2c(-c3cccc(F)c3)cccc2[nH]1)c1cccnc1. The van der Waals surface area contributed by atoms with Gasteiger partial charge in [0.05, 0.1) is 22.8 Å². The fourth-order valence-electron chi connectivity index (χ4n) is 3.46. The van der Waals surface area contributed by atoms with E-state index in [1.54, 1.807) is 30.6 Å². The molecule has 0 bridgehead atoms. The van der Waals surface area contributed by atoms with Crippen molar-refractivity contribution in [3.8, 4) is 22.6 Å². The van der Waals surface area contributed by atoms with Crippen molar-refractivity contribution in [3.05, 3.63) is 90.1 Å². The summed E-state index contributed by atoms with van der Waals surface area (Å²) in [5.41, 5.74) is 5.05. The van der Waals surface area contributed by atoms with E-state index in [1.165, 1.54) is 18.3 Å². The Labute approximate surface area is 176 Å². The number of pyridine rings is 1. The number of carbonyl (C=O) groups excluding carboxylic acids is 1. The fraction of sp³-hybridized carbons (Fsp3) is 0.0435. The Balaban J connectivity index is 1.45. The summed E-state index contributed by atoms with van der Waals surface area (Å²) >= 11 is 0. The van der Waals surface area contributed by atoms with Crippen LogP contribution in [0.5, 0.6) is 0 Å². The molecule has 1 amide bonds. The second kappa shape index (κ2) is 7.83. The third-order valence-electron chi connectivity index (χ3n) is 4.97. The molecule has 152 valence electrons. The Morgan fingerprint density at radius 2 is 1.97 bits per heavy atom. The van der Waals surface area contributed by atoms with E-state index in [0.29, 0.717) is 17.1 Å². The van der Waals surface area contributed by atoms with Crippen molar-refractivity contribution in [2.24, 2.45) is 0 Å². The lowest BCUT2D eigenvalue weighted by molar-refractivity contribution is 0.0950. The fourth-order valence-corrected chi connectivity index (χ4v) is 3.46.